The van der Waals surface area contributed by atoms with E-state index in [0.717, 1.165) is 19.7 Å². The largest absolute Gasteiger partial charge is 0.355 e. The lowest BCUT2D eigenvalue weighted by Crippen LogP contribution is -2.46. The molecule has 2 heterocycles. The molecule has 0 aliphatic carbocycles. The molecule has 19 heavy (non-hydrogen) atoms. The fourth-order valence-electron chi connectivity index (χ4n) is 2.61. The first-order valence-electron chi connectivity index (χ1n) is 6.71. The van der Waals surface area contributed by atoms with Crippen LogP contribution in [0.3, 0.4) is 0 Å². The van der Waals surface area contributed by atoms with Crippen molar-refractivity contribution in [3.05, 3.63) is 54.6 Å². The van der Waals surface area contributed by atoms with E-state index in [1.165, 1.54) is 5.56 Å². The Bertz CT molecular complexity index is 497. The first-order chi connectivity index (χ1) is 9.34. The fraction of sp³-hybridized carbons (Fsp3) is 0.400. The Morgan fingerprint density at radius 3 is 2.89 bits per heavy atom. The molecule has 0 spiro atoms. The molecule has 2 aromatic rings. The minimum atomic E-state index is 0.0555. The van der Waals surface area contributed by atoms with Gasteiger partial charge in [-0.15, -0.1) is 0 Å². The van der Waals surface area contributed by atoms with Crippen LogP contribution >= 0.6 is 0 Å². The smallest absolute Gasteiger partial charge is 0.150 e. The molecule has 1 aromatic carbocycles. The van der Waals surface area contributed by atoms with E-state index in [1.807, 2.05) is 17.1 Å². The van der Waals surface area contributed by atoms with Gasteiger partial charge in [0.25, 0.3) is 0 Å². The second kappa shape index (κ2) is 5.55. The predicted molar refractivity (Wildman–Crippen MR) is 73.5 cm³/mol. The van der Waals surface area contributed by atoms with E-state index < -0.39 is 0 Å². The highest BCUT2D eigenvalue weighted by atomic mass is 16.5. The molecule has 1 aliphatic heterocycles. The molecule has 0 bridgehead atoms. The summed E-state index contributed by atoms with van der Waals surface area (Å²) in [6, 6.07) is 10.9. The minimum Gasteiger partial charge on any atom is -0.355 e. The Hall–Kier alpha value is -1.65. The zero-order valence-electron chi connectivity index (χ0n) is 11.1. The number of ether oxygens (including phenoxy) is 1. The van der Waals surface area contributed by atoms with Crippen LogP contribution in [0.4, 0.5) is 0 Å². The molecule has 1 saturated heterocycles. The van der Waals surface area contributed by atoms with Gasteiger partial charge in [-0.05, 0) is 12.5 Å². The van der Waals surface area contributed by atoms with E-state index in [4.69, 9.17) is 4.74 Å². The topological polar surface area (TPSA) is 30.3 Å². The molecule has 4 nitrogen and oxygen atoms in total. The average Bonchev–Trinajstić information content (AvgIpc) is 2.96. The SMILES string of the molecule is C[C@@H]1C(n2ccnc2)OCCN1Cc1ccccc1. The second-order valence-electron chi connectivity index (χ2n) is 4.97. The molecule has 1 fully saturated rings. The van der Waals surface area contributed by atoms with Crippen molar-refractivity contribution in [2.75, 3.05) is 13.2 Å². The van der Waals surface area contributed by atoms with Crippen molar-refractivity contribution in [1.82, 2.24) is 14.5 Å². The number of morpholine rings is 1. The first kappa shape index (κ1) is 12.4. The number of aromatic nitrogens is 2. The average molecular weight is 257 g/mol. The van der Waals surface area contributed by atoms with Gasteiger partial charge in [0.15, 0.2) is 0 Å². The number of hydrogen-bond acceptors (Lipinski definition) is 3. The fourth-order valence-corrected chi connectivity index (χ4v) is 2.61. The summed E-state index contributed by atoms with van der Waals surface area (Å²) in [5, 5.41) is 0. The first-order valence-corrected chi connectivity index (χ1v) is 6.71. The molecule has 1 unspecified atom stereocenters. The quantitative estimate of drug-likeness (QED) is 0.845. The van der Waals surface area contributed by atoms with Gasteiger partial charge in [-0.3, -0.25) is 4.90 Å². The van der Waals surface area contributed by atoms with Gasteiger partial charge in [-0.25, -0.2) is 4.98 Å². The summed E-state index contributed by atoms with van der Waals surface area (Å²) in [4.78, 5) is 6.57. The maximum atomic E-state index is 5.88. The summed E-state index contributed by atoms with van der Waals surface area (Å²) in [5.74, 6) is 0. The Morgan fingerprint density at radius 1 is 1.32 bits per heavy atom. The lowest BCUT2D eigenvalue weighted by molar-refractivity contribution is -0.107. The maximum absolute atomic E-state index is 5.88. The summed E-state index contributed by atoms with van der Waals surface area (Å²) >= 11 is 0. The molecule has 1 aromatic heterocycles. The van der Waals surface area contributed by atoms with Crippen LogP contribution < -0.4 is 0 Å². The Balaban J connectivity index is 1.72. The van der Waals surface area contributed by atoms with Crippen LogP contribution in [0.5, 0.6) is 0 Å². The summed E-state index contributed by atoms with van der Waals surface area (Å²) in [6.45, 7) is 4.92. The highest BCUT2D eigenvalue weighted by Gasteiger charge is 2.29. The number of hydrogen-bond donors (Lipinski definition) is 0. The van der Waals surface area contributed by atoms with E-state index in [-0.39, 0.29) is 6.23 Å². The van der Waals surface area contributed by atoms with Gasteiger partial charge in [-0.2, -0.15) is 0 Å². The van der Waals surface area contributed by atoms with Crippen molar-refractivity contribution in [2.24, 2.45) is 0 Å². The molecule has 0 radical (unpaired) electrons. The summed E-state index contributed by atoms with van der Waals surface area (Å²) in [5.41, 5.74) is 1.35. The summed E-state index contributed by atoms with van der Waals surface area (Å²) in [7, 11) is 0. The van der Waals surface area contributed by atoms with Crippen LogP contribution in [-0.2, 0) is 11.3 Å². The van der Waals surface area contributed by atoms with Gasteiger partial charge in [0.1, 0.15) is 6.23 Å². The molecule has 4 heteroatoms. The Kier molecular flexibility index (Phi) is 3.62. The monoisotopic (exact) mass is 257 g/mol. The van der Waals surface area contributed by atoms with Crippen LogP contribution in [0.1, 0.15) is 18.7 Å². The number of nitrogens with zero attached hydrogens (tertiary/aromatic N) is 3. The van der Waals surface area contributed by atoms with Crippen molar-refractivity contribution in [3.63, 3.8) is 0 Å². The van der Waals surface area contributed by atoms with E-state index in [9.17, 15) is 0 Å². The predicted octanol–water partition coefficient (Wildman–Crippen LogP) is 2.30. The van der Waals surface area contributed by atoms with Gasteiger partial charge in [0, 0.05) is 25.5 Å². The number of rotatable bonds is 3. The van der Waals surface area contributed by atoms with Crippen molar-refractivity contribution in [3.8, 4) is 0 Å². The van der Waals surface area contributed by atoms with Gasteiger partial charge in [0.05, 0.1) is 19.0 Å². The van der Waals surface area contributed by atoms with E-state index in [0.29, 0.717) is 6.04 Å². The van der Waals surface area contributed by atoms with Crippen molar-refractivity contribution < 1.29 is 4.74 Å². The lowest BCUT2D eigenvalue weighted by Gasteiger charge is -2.39. The van der Waals surface area contributed by atoms with Crippen molar-refractivity contribution in [1.29, 1.82) is 0 Å². The van der Waals surface area contributed by atoms with Gasteiger partial charge >= 0.3 is 0 Å². The van der Waals surface area contributed by atoms with Gasteiger partial charge in [-0.1, -0.05) is 30.3 Å². The maximum Gasteiger partial charge on any atom is 0.150 e. The Labute approximate surface area is 113 Å². The molecule has 0 amide bonds. The van der Waals surface area contributed by atoms with Gasteiger partial charge < -0.3 is 9.30 Å². The van der Waals surface area contributed by atoms with Crippen molar-refractivity contribution in [2.45, 2.75) is 25.7 Å². The van der Waals surface area contributed by atoms with Crippen LogP contribution in [0.2, 0.25) is 0 Å². The zero-order valence-corrected chi connectivity index (χ0v) is 11.1. The molecule has 3 rings (SSSR count). The molecule has 1 aliphatic rings. The molecular weight excluding hydrogens is 238 g/mol. The van der Waals surface area contributed by atoms with Gasteiger partial charge in [0.2, 0.25) is 0 Å². The van der Waals surface area contributed by atoms with Crippen LogP contribution in [0.15, 0.2) is 49.1 Å². The second-order valence-corrected chi connectivity index (χ2v) is 4.97. The third-order valence-corrected chi connectivity index (χ3v) is 3.70. The highest BCUT2D eigenvalue weighted by Crippen LogP contribution is 2.24. The third kappa shape index (κ3) is 2.69. The van der Waals surface area contributed by atoms with E-state index in [1.54, 1.807) is 6.20 Å². The molecule has 2 atom stereocenters. The third-order valence-electron chi connectivity index (χ3n) is 3.70. The van der Waals surface area contributed by atoms with Crippen molar-refractivity contribution >= 4 is 0 Å². The van der Waals surface area contributed by atoms with Crippen LogP contribution in [-0.4, -0.2) is 33.6 Å². The lowest BCUT2D eigenvalue weighted by atomic mass is 10.1. The molecule has 100 valence electrons. The van der Waals surface area contributed by atoms with Crippen LogP contribution in [0.25, 0.3) is 0 Å². The van der Waals surface area contributed by atoms with E-state index in [2.05, 4.69) is 47.1 Å². The minimum absolute atomic E-state index is 0.0555. The summed E-state index contributed by atoms with van der Waals surface area (Å²) in [6.07, 6.45) is 5.65. The molecular formula is C15H19N3O. The van der Waals surface area contributed by atoms with Crippen LogP contribution in [0, 0.1) is 0 Å². The number of imidazole rings is 1. The summed E-state index contributed by atoms with van der Waals surface area (Å²) < 4.78 is 7.93. The highest BCUT2D eigenvalue weighted by molar-refractivity contribution is 5.14. The molecule has 0 saturated carbocycles. The zero-order chi connectivity index (χ0) is 13.1. The number of benzene rings is 1. The Morgan fingerprint density at radius 2 is 2.16 bits per heavy atom. The standard InChI is InChI=1S/C15H19N3O/c1-13-15(18-8-7-16-12-18)19-10-9-17(13)11-14-5-3-2-4-6-14/h2-8,12-13,15H,9-11H2,1H3/t13-,15?/m1/s1. The molecule has 0 N–H and O–H groups in total. The normalized spacial score (nSPS) is 24.5. The van der Waals surface area contributed by atoms with E-state index >= 15 is 0 Å².